The summed E-state index contributed by atoms with van der Waals surface area (Å²) >= 11 is 1.38. The largest absolute Gasteiger partial charge is 0.338 e. The number of nitrogens with zero attached hydrogens (tertiary/aromatic N) is 5. The Morgan fingerprint density at radius 2 is 1.87 bits per heavy atom. The summed E-state index contributed by atoms with van der Waals surface area (Å²) in [6, 6.07) is -0.0298. The van der Waals surface area contributed by atoms with E-state index in [-0.39, 0.29) is 23.8 Å². The van der Waals surface area contributed by atoms with Gasteiger partial charge in [-0.15, -0.1) is 11.3 Å². The number of piperidine rings is 1. The van der Waals surface area contributed by atoms with E-state index in [1.807, 2.05) is 28.2 Å². The predicted octanol–water partition coefficient (Wildman–Crippen LogP) is 1.42. The normalized spacial score (nSPS) is 24.8. The van der Waals surface area contributed by atoms with Crippen LogP contribution in [0.25, 0.3) is 0 Å². The van der Waals surface area contributed by atoms with Crippen LogP contribution in [0.3, 0.4) is 0 Å². The molecule has 4 rings (SSSR count). The molecule has 30 heavy (non-hydrogen) atoms. The van der Waals surface area contributed by atoms with Gasteiger partial charge in [0, 0.05) is 69.5 Å². The fourth-order valence-electron chi connectivity index (χ4n) is 4.70. The third-order valence-electron chi connectivity index (χ3n) is 6.40. The maximum atomic E-state index is 13.1. The predicted molar refractivity (Wildman–Crippen MR) is 114 cm³/mol. The second-order valence-corrected chi connectivity index (χ2v) is 9.03. The molecule has 3 saturated heterocycles. The van der Waals surface area contributed by atoms with Crippen LogP contribution in [-0.4, -0.2) is 93.7 Å². The third-order valence-corrected chi connectivity index (χ3v) is 7.16. The first-order valence-electron chi connectivity index (χ1n) is 10.7. The Kier molecular flexibility index (Phi) is 6.19. The van der Waals surface area contributed by atoms with E-state index in [2.05, 4.69) is 9.88 Å². The van der Waals surface area contributed by atoms with Crippen LogP contribution >= 0.6 is 11.3 Å². The highest BCUT2D eigenvalue weighted by Gasteiger charge is 2.42. The number of amides is 3. The number of carbonyl (C=O) groups excluding carboxylic acids is 3. The van der Waals surface area contributed by atoms with Crippen molar-refractivity contribution < 1.29 is 14.4 Å². The zero-order valence-corrected chi connectivity index (χ0v) is 18.4. The summed E-state index contributed by atoms with van der Waals surface area (Å²) < 4.78 is 0. The second kappa shape index (κ2) is 8.85. The van der Waals surface area contributed by atoms with Crippen molar-refractivity contribution in [2.24, 2.45) is 0 Å². The molecular formula is C21H29N5O3S. The highest BCUT2D eigenvalue weighted by molar-refractivity contribution is 7.11. The van der Waals surface area contributed by atoms with Crippen LogP contribution in [0.1, 0.15) is 42.9 Å². The van der Waals surface area contributed by atoms with Gasteiger partial charge in [-0.2, -0.15) is 0 Å². The SMILES string of the molecule is C/C=C1\CCCC(C(=O)N2CC(N3CCN(C(=O)c4nccs4)CC3)C2)N1C(C)=O. The van der Waals surface area contributed by atoms with Gasteiger partial charge < -0.3 is 14.7 Å². The lowest BCUT2D eigenvalue weighted by molar-refractivity contribution is -0.150. The second-order valence-electron chi connectivity index (χ2n) is 8.14. The molecule has 0 radical (unpaired) electrons. The van der Waals surface area contributed by atoms with Crippen LogP contribution in [0, 0.1) is 0 Å². The average Bonchev–Trinajstić information content (AvgIpc) is 3.26. The zero-order chi connectivity index (χ0) is 21.3. The maximum Gasteiger partial charge on any atom is 0.282 e. The van der Waals surface area contributed by atoms with Crippen molar-refractivity contribution in [3.63, 3.8) is 0 Å². The van der Waals surface area contributed by atoms with Crippen molar-refractivity contribution in [1.29, 1.82) is 0 Å². The summed E-state index contributed by atoms with van der Waals surface area (Å²) in [5.41, 5.74) is 0.963. The third kappa shape index (κ3) is 4.00. The summed E-state index contributed by atoms with van der Waals surface area (Å²) in [5, 5.41) is 2.37. The lowest BCUT2D eigenvalue weighted by Gasteiger charge is -2.50. The van der Waals surface area contributed by atoms with Crippen LogP contribution in [0.15, 0.2) is 23.3 Å². The van der Waals surface area contributed by atoms with E-state index in [0.29, 0.717) is 37.2 Å². The first-order chi connectivity index (χ1) is 14.5. The van der Waals surface area contributed by atoms with Crippen molar-refractivity contribution in [2.45, 2.75) is 45.2 Å². The Morgan fingerprint density at radius 1 is 1.13 bits per heavy atom. The van der Waals surface area contributed by atoms with Crippen molar-refractivity contribution >= 4 is 29.1 Å². The smallest absolute Gasteiger partial charge is 0.282 e. The molecule has 3 fully saturated rings. The first-order valence-corrected chi connectivity index (χ1v) is 11.5. The molecule has 0 saturated carbocycles. The van der Waals surface area contributed by atoms with Gasteiger partial charge in [0.15, 0.2) is 5.01 Å². The molecule has 162 valence electrons. The van der Waals surface area contributed by atoms with E-state index in [1.165, 1.54) is 11.3 Å². The van der Waals surface area contributed by atoms with Crippen LogP contribution in [0.4, 0.5) is 0 Å². The highest BCUT2D eigenvalue weighted by atomic mass is 32.1. The molecule has 3 amide bonds. The van der Waals surface area contributed by atoms with Gasteiger partial charge in [0.25, 0.3) is 5.91 Å². The number of piperazine rings is 1. The number of thiazole rings is 1. The molecule has 3 aliphatic rings. The Bertz CT molecular complexity index is 826. The summed E-state index contributed by atoms with van der Waals surface area (Å²) in [6.07, 6.45) is 6.13. The Balaban J connectivity index is 1.28. The van der Waals surface area contributed by atoms with Crippen LogP contribution < -0.4 is 0 Å². The molecule has 1 aromatic rings. The van der Waals surface area contributed by atoms with Gasteiger partial charge in [0.1, 0.15) is 6.04 Å². The van der Waals surface area contributed by atoms with Gasteiger partial charge in [-0.1, -0.05) is 6.08 Å². The van der Waals surface area contributed by atoms with E-state index in [0.717, 1.165) is 38.0 Å². The lowest BCUT2D eigenvalue weighted by atomic mass is 9.95. The van der Waals surface area contributed by atoms with Gasteiger partial charge in [-0.25, -0.2) is 4.98 Å². The first kappa shape index (κ1) is 21.0. The average molecular weight is 432 g/mol. The molecule has 8 nitrogen and oxygen atoms in total. The number of hydrogen-bond acceptors (Lipinski definition) is 6. The van der Waals surface area contributed by atoms with E-state index < -0.39 is 0 Å². The van der Waals surface area contributed by atoms with Crippen molar-refractivity contribution in [3.8, 4) is 0 Å². The topological polar surface area (TPSA) is 77.1 Å². The molecule has 4 heterocycles. The Hall–Kier alpha value is -2.26. The minimum Gasteiger partial charge on any atom is -0.338 e. The van der Waals surface area contributed by atoms with Crippen LogP contribution in [0.5, 0.6) is 0 Å². The molecule has 0 N–H and O–H groups in total. The monoisotopic (exact) mass is 431 g/mol. The molecule has 1 aromatic heterocycles. The Morgan fingerprint density at radius 3 is 2.47 bits per heavy atom. The number of aromatic nitrogens is 1. The van der Waals surface area contributed by atoms with Crippen molar-refractivity contribution in [3.05, 3.63) is 28.4 Å². The number of allylic oxidation sites excluding steroid dienone is 2. The standard InChI is InChI=1S/C21H29N5O3S/c1-3-16-5-4-6-18(26(16)15(2)27)20(28)25-13-17(14-25)23-8-10-24(11-9-23)21(29)19-22-7-12-30-19/h3,7,12,17-18H,4-6,8-11,13-14H2,1-2H3/b16-3+. The quantitative estimate of drug-likeness (QED) is 0.723. The van der Waals surface area contributed by atoms with Crippen molar-refractivity contribution in [2.75, 3.05) is 39.3 Å². The van der Waals surface area contributed by atoms with Crippen LogP contribution in [-0.2, 0) is 9.59 Å². The van der Waals surface area contributed by atoms with Gasteiger partial charge >= 0.3 is 0 Å². The molecule has 9 heteroatoms. The summed E-state index contributed by atoms with van der Waals surface area (Å²) in [7, 11) is 0. The van der Waals surface area contributed by atoms with Gasteiger partial charge in [0.05, 0.1) is 0 Å². The van der Waals surface area contributed by atoms with Gasteiger partial charge in [-0.3, -0.25) is 19.3 Å². The van der Waals surface area contributed by atoms with E-state index in [4.69, 9.17) is 0 Å². The molecule has 1 unspecified atom stereocenters. The summed E-state index contributed by atoms with van der Waals surface area (Å²) in [5.74, 6) is 0.0220. The maximum absolute atomic E-state index is 13.1. The number of likely N-dealkylation sites (tertiary alicyclic amines) is 2. The van der Waals surface area contributed by atoms with Gasteiger partial charge in [0.2, 0.25) is 11.8 Å². The number of rotatable bonds is 3. The van der Waals surface area contributed by atoms with Gasteiger partial charge in [-0.05, 0) is 26.2 Å². The minimum atomic E-state index is -0.365. The number of carbonyl (C=O) groups is 3. The molecule has 0 spiro atoms. The van der Waals surface area contributed by atoms with E-state index in [9.17, 15) is 14.4 Å². The summed E-state index contributed by atoms with van der Waals surface area (Å²) in [6.45, 7) is 7.88. The lowest BCUT2D eigenvalue weighted by Crippen LogP contribution is -2.67. The Labute approximate surface area is 181 Å². The molecule has 0 aromatic carbocycles. The van der Waals surface area contributed by atoms with E-state index >= 15 is 0 Å². The zero-order valence-electron chi connectivity index (χ0n) is 17.6. The molecule has 0 bridgehead atoms. The fraction of sp³-hybridized carbons (Fsp3) is 0.619. The molecule has 1 atom stereocenters. The molecule has 0 aliphatic carbocycles. The highest BCUT2D eigenvalue weighted by Crippen LogP contribution is 2.29. The van der Waals surface area contributed by atoms with Crippen molar-refractivity contribution in [1.82, 2.24) is 24.6 Å². The molecule has 3 aliphatic heterocycles. The van der Waals surface area contributed by atoms with Crippen LogP contribution in [0.2, 0.25) is 0 Å². The number of hydrogen-bond donors (Lipinski definition) is 0. The molecular weight excluding hydrogens is 402 g/mol. The summed E-state index contributed by atoms with van der Waals surface area (Å²) in [4.78, 5) is 49.6. The minimum absolute atomic E-state index is 0.0106. The van der Waals surface area contributed by atoms with E-state index in [1.54, 1.807) is 18.0 Å². The fourth-order valence-corrected chi connectivity index (χ4v) is 5.30.